The Kier molecular flexibility index (Phi) is 4.27. The molecule has 3 heterocycles. The quantitative estimate of drug-likeness (QED) is 0.778. The second-order valence-electron chi connectivity index (χ2n) is 7.55. The summed E-state index contributed by atoms with van der Waals surface area (Å²) in [4.78, 5) is 28.3. The first kappa shape index (κ1) is 16.5. The average molecular weight is 326 g/mol. The van der Waals surface area contributed by atoms with Crippen LogP contribution in [0.1, 0.15) is 26.7 Å². The molecule has 0 aromatic rings. The normalized spacial score (nSPS) is 29.7. The summed E-state index contributed by atoms with van der Waals surface area (Å²) >= 11 is 0. The predicted molar refractivity (Wildman–Crippen MR) is 82.2 cm³/mol. The molecule has 1 unspecified atom stereocenters. The lowest BCUT2D eigenvalue weighted by Gasteiger charge is -2.44. The number of carbonyl (C=O) groups is 2. The van der Waals surface area contributed by atoms with Crippen molar-refractivity contribution < 1.29 is 24.2 Å². The summed E-state index contributed by atoms with van der Waals surface area (Å²) in [6.07, 6.45) is 1.42. The average Bonchev–Trinajstić information content (AvgIpc) is 2.86. The molecule has 130 valence electrons. The van der Waals surface area contributed by atoms with Gasteiger partial charge in [0.25, 0.3) is 0 Å². The van der Waals surface area contributed by atoms with E-state index >= 15 is 0 Å². The molecular formula is C16H26N2O5. The third kappa shape index (κ3) is 2.92. The first-order valence-corrected chi connectivity index (χ1v) is 8.31. The van der Waals surface area contributed by atoms with Gasteiger partial charge in [-0.2, -0.15) is 0 Å². The summed E-state index contributed by atoms with van der Waals surface area (Å²) in [5.74, 6) is -1.30. The van der Waals surface area contributed by atoms with E-state index in [2.05, 4.69) is 0 Å². The monoisotopic (exact) mass is 326 g/mol. The fourth-order valence-electron chi connectivity index (χ4n) is 4.12. The number of urea groups is 1. The van der Waals surface area contributed by atoms with Crippen LogP contribution in [0.25, 0.3) is 0 Å². The zero-order valence-electron chi connectivity index (χ0n) is 13.9. The number of carbonyl (C=O) groups excluding carboxylic acids is 1. The van der Waals surface area contributed by atoms with Gasteiger partial charge in [-0.1, -0.05) is 0 Å². The van der Waals surface area contributed by atoms with Gasteiger partial charge in [-0.25, -0.2) is 4.79 Å². The highest BCUT2D eigenvalue weighted by Gasteiger charge is 2.53. The second kappa shape index (κ2) is 5.94. The van der Waals surface area contributed by atoms with Crippen LogP contribution in [0.3, 0.4) is 0 Å². The smallest absolute Gasteiger partial charge is 0.320 e. The molecular weight excluding hydrogens is 300 g/mol. The molecule has 3 fully saturated rings. The maximum Gasteiger partial charge on any atom is 0.320 e. The number of rotatable bonds is 1. The minimum Gasteiger partial charge on any atom is -0.481 e. The number of likely N-dealkylation sites (tertiary alicyclic amines) is 1. The third-order valence-corrected chi connectivity index (χ3v) is 5.58. The van der Waals surface area contributed by atoms with Gasteiger partial charge in [0.2, 0.25) is 0 Å². The van der Waals surface area contributed by atoms with E-state index in [1.807, 2.05) is 18.7 Å². The van der Waals surface area contributed by atoms with Gasteiger partial charge in [0.15, 0.2) is 0 Å². The van der Waals surface area contributed by atoms with Gasteiger partial charge < -0.3 is 24.4 Å². The molecule has 3 saturated heterocycles. The molecule has 0 radical (unpaired) electrons. The Labute approximate surface area is 136 Å². The summed E-state index contributed by atoms with van der Waals surface area (Å²) in [6.45, 7) is 7.53. The minimum absolute atomic E-state index is 0.0621. The first-order chi connectivity index (χ1) is 10.9. The number of aliphatic carboxylic acids is 1. The number of morpholine rings is 1. The van der Waals surface area contributed by atoms with Crippen LogP contribution >= 0.6 is 0 Å². The highest BCUT2D eigenvalue weighted by molar-refractivity contribution is 5.79. The zero-order chi connectivity index (χ0) is 16.7. The number of ether oxygens (including phenoxy) is 2. The Hall–Kier alpha value is -1.34. The van der Waals surface area contributed by atoms with Crippen LogP contribution in [0.5, 0.6) is 0 Å². The van der Waals surface area contributed by atoms with Gasteiger partial charge in [-0.05, 0) is 26.7 Å². The molecule has 0 aromatic heterocycles. The van der Waals surface area contributed by atoms with Gasteiger partial charge >= 0.3 is 12.0 Å². The van der Waals surface area contributed by atoms with Crippen molar-refractivity contribution in [3.63, 3.8) is 0 Å². The van der Waals surface area contributed by atoms with E-state index in [4.69, 9.17) is 9.47 Å². The summed E-state index contributed by atoms with van der Waals surface area (Å²) in [7, 11) is 0. The highest BCUT2D eigenvalue weighted by atomic mass is 16.5. The third-order valence-electron chi connectivity index (χ3n) is 5.58. The van der Waals surface area contributed by atoms with E-state index in [-0.39, 0.29) is 17.0 Å². The lowest BCUT2D eigenvalue weighted by Crippen LogP contribution is -2.59. The van der Waals surface area contributed by atoms with Crippen molar-refractivity contribution >= 4 is 12.0 Å². The Morgan fingerprint density at radius 1 is 1.13 bits per heavy atom. The molecule has 3 aliphatic heterocycles. The number of amides is 2. The number of hydrogen-bond acceptors (Lipinski definition) is 4. The lowest BCUT2D eigenvalue weighted by atomic mass is 9.72. The highest BCUT2D eigenvalue weighted by Crippen LogP contribution is 2.45. The maximum atomic E-state index is 13.0. The molecule has 1 atom stereocenters. The van der Waals surface area contributed by atoms with Crippen LogP contribution in [0.4, 0.5) is 4.79 Å². The Morgan fingerprint density at radius 3 is 2.43 bits per heavy atom. The Bertz CT molecular complexity index is 487. The standard InChI is InChI=1S/C16H26N2O5/c1-15(2)11-23-8-5-18(15)14(21)17-9-12(13(19)20)16(10-17)3-6-22-7-4-16/h12H,3-11H2,1-2H3,(H,19,20). The molecule has 1 N–H and O–H groups in total. The van der Waals surface area contributed by atoms with Gasteiger partial charge in [-0.3, -0.25) is 4.79 Å². The summed E-state index contributed by atoms with van der Waals surface area (Å²) in [5, 5.41) is 9.63. The number of hydrogen-bond donors (Lipinski definition) is 1. The second-order valence-corrected chi connectivity index (χ2v) is 7.55. The van der Waals surface area contributed by atoms with Crippen LogP contribution in [0, 0.1) is 11.3 Å². The van der Waals surface area contributed by atoms with Crippen molar-refractivity contribution in [1.29, 1.82) is 0 Å². The molecule has 23 heavy (non-hydrogen) atoms. The number of nitrogens with zero attached hydrogens (tertiary/aromatic N) is 2. The van der Waals surface area contributed by atoms with Crippen molar-refractivity contribution in [3.05, 3.63) is 0 Å². The fourth-order valence-corrected chi connectivity index (χ4v) is 4.12. The molecule has 1 spiro atoms. The summed E-state index contributed by atoms with van der Waals surface area (Å²) in [6, 6.07) is -0.0621. The van der Waals surface area contributed by atoms with Crippen LogP contribution in [0.2, 0.25) is 0 Å². The van der Waals surface area contributed by atoms with Crippen LogP contribution < -0.4 is 0 Å². The number of carboxylic acids is 1. The SMILES string of the molecule is CC1(C)COCCN1C(=O)N1CC(C(=O)O)C2(CCOCC2)C1. The lowest BCUT2D eigenvalue weighted by molar-refractivity contribution is -0.146. The topological polar surface area (TPSA) is 79.3 Å². The van der Waals surface area contributed by atoms with Gasteiger partial charge in [0, 0.05) is 38.3 Å². The van der Waals surface area contributed by atoms with Gasteiger partial charge in [0.05, 0.1) is 24.7 Å². The van der Waals surface area contributed by atoms with Gasteiger partial charge in [-0.15, -0.1) is 0 Å². The van der Waals surface area contributed by atoms with E-state index in [1.165, 1.54) is 0 Å². The fraction of sp³-hybridized carbons (Fsp3) is 0.875. The van der Waals surface area contributed by atoms with Crippen LogP contribution in [-0.2, 0) is 14.3 Å². The molecule has 0 aliphatic carbocycles. The van der Waals surface area contributed by atoms with Gasteiger partial charge in [0.1, 0.15) is 0 Å². The van der Waals surface area contributed by atoms with E-state index in [0.717, 1.165) is 0 Å². The summed E-state index contributed by atoms with van der Waals surface area (Å²) < 4.78 is 10.9. The van der Waals surface area contributed by atoms with E-state index < -0.39 is 11.9 Å². The Balaban J connectivity index is 1.78. The Morgan fingerprint density at radius 2 is 1.83 bits per heavy atom. The van der Waals surface area contributed by atoms with Crippen molar-refractivity contribution in [3.8, 4) is 0 Å². The van der Waals surface area contributed by atoms with Crippen LogP contribution in [0.15, 0.2) is 0 Å². The number of carboxylic acid groups (broad SMARTS) is 1. The largest absolute Gasteiger partial charge is 0.481 e. The molecule has 0 aromatic carbocycles. The van der Waals surface area contributed by atoms with Crippen LogP contribution in [-0.4, -0.2) is 78.5 Å². The van der Waals surface area contributed by atoms with Crippen molar-refractivity contribution in [2.75, 3.05) is 46.1 Å². The maximum absolute atomic E-state index is 13.0. The summed E-state index contributed by atoms with van der Waals surface area (Å²) in [5.41, 5.74) is -0.699. The van der Waals surface area contributed by atoms with Crippen molar-refractivity contribution in [2.45, 2.75) is 32.2 Å². The van der Waals surface area contributed by atoms with E-state index in [9.17, 15) is 14.7 Å². The molecule has 0 saturated carbocycles. The predicted octanol–water partition coefficient (Wildman–Crippen LogP) is 1.03. The molecule has 0 bridgehead atoms. The minimum atomic E-state index is -0.802. The molecule has 7 nitrogen and oxygen atoms in total. The van der Waals surface area contributed by atoms with Crippen molar-refractivity contribution in [1.82, 2.24) is 9.80 Å². The molecule has 7 heteroatoms. The van der Waals surface area contributed by atoms with E-state index in [1.54, 1.807) is 4.90 Å². The van der Waals surface area contributed by atoms with Crippen molar-refractivity contribution in [2.24, 2.45) is 11.3 Å². The first-order valence-electron chi connectivity index (χ1n) is 8.31. The zero-order valence-corrected chi connectivity index (χ0v) is 13.9. The molecule has 3 aliphatic rings. The molecule has 2 amide bonds. The molecule has 3 rings (SSSR count). The van der Waals surface area contributed by atoms with E-state index in [0.29, 0.717) is 58.9 Å².